The van der Waals surface area contributed by atoms with Crippen LogP contribution in [0.5, 0.6) is 0 Å². The van der Waals surface area contributed by atoms with E-state index in [-0.39, 0.29) is 10.6 Å². The zero-order valence-corrected chi connectivity index (χ0v) is 13.1. The number of nitro groups is 1. The molecular formula is C13H11ClN4O4S. The molecule has 0 bridgehead atoms. The van der Waals surface area contributed by atoms with Gasteiger partial charge in [-0.05, 0) is 29.8 Å². The Hall–Kier alpha value is -2.49. The number of nitrogens with one attached hydrogen (secondary N) is 1. The van der Waals surface area contributed by atoms with E-state index in [1.54, 1.807) is 24.3 Å². The Balaban J connectivity index is 2.25. The van der Waals surface area contributed by atoms with Crippen LogP contribution in [0.2, 0.25) is 5.02 Å². The molecule has 23 heavy (non-hydrogen) atoms. The van der Waals surface area contributed by atoms with Crippen LogP contribution in [0.25, 0.3) is 0 Å². The van der Waals surface area contributed by atoms with Gasteiger partial charge in [0.1, 0.15) is 5.69 Å². The number of primary sulfonamides is 1. The average Bonchev–Trinajstić information content (AvgIpc) is 2.48. The van der Waals surface area contributed by atoms with Gasteiger partial charge >= 0.3 is 0 Å². The summed E-state index contributed by atoms with van der Waals surface area (Å²) in [7, 11) is -4.03. The first-order valence-electron chi connectivity index (χ1n) is 6.13. The van der Waals surface area contributed by atoms with Crippen LogP contribution < -0.4 is 10.6 Å². The van der Waals surface area contributed by atoms with E-state index in [0.717, 1.165) is 17.7 Å². The fourth-order valence-corrected chi connectivity index (χ4v) is 2.32. The molecule has 10 heteroatoms. The monoisotopic (exact) mass is 354 g/mol. The first-order valence-corrected chi connectivity index (χ1v) is 8.06. The van der Waals surface area contributed by atoms with Crippen molar-refractivity contribution in [2.24, 2.45) is 10.2 Å². The van der Waals surface area contributed by atoms with Gasteiger partial charge in [0, 0.05) is 11.1 Å². The van der Waals surface area contributed by atoms with Crippen LogP contribution in [0.4, 0.5) is 11.4 Å². The quantitative estimate of drug-likeness (QED) is 0.484. The second-order valence-electron chi connectivity index (χ2n) is 4.40. The molecule has 0 radical (unpaired) electrons. The Morgan fingerprint density at radius 2 is 1.87 bits per heavy atom. The second kappa shape index (κ2) is 6.73. The maximum Gasteiger partial charge on any atom is 0.295 e. The highest BCUT2D eigenvalue weighted by molar-refractivity contribution is 7.89. The van der Waals surface area contributed by atoms with Gasteiger partial charge in [0.2, 0.25) is 10.0 Å². The van der Waals surface area contributed by atoms with Gasteiger partial charge in [-0.25, -0.2) is 13.6 Å². The first-order chi connectivity index (χ1) is 10.8. The van der Waals surface area contributed by atoms with E-state index in [2.05, 4.69) is 10.5 Å². The molecule has 2 rings (SSSR count). The van der Waals surface area contributed by atoms with Crippen LogP contribution in [0, 0.1) is 10.1 Å². The molecule has 2 aromatic rings. The highest BCUT2D eigenvalue weighted by Crippen LogP contribution is 2.27. The third-order valence-corrected chi connectivity index (χ3v) is 3.93. The van der Waals surface area contributed by atoms with Crippen molar-refractivity contribution in [3.05, 3.63) is 63.2 Å². The number of hydrazone groups is 1. The number of hydrogen-bond acceptors (Lipinski definition) is 6. The van der Waals surface area contributed by atoms with E-state index in [1.807, 2.05) is 0 Å². The zero-order valence-electron chi connectivity index (χ0n) is 11.5. The summed E-state index contributed by atoms with van der Waals surface area (Å²) in [5.74, 6) is 0. The molecule has 0 atom stereocenters. The van der Waals surface area contributed by atoms with Crippen molar-refractivity contribution in [3.63, 3.8) is 0 Å². The molecule has 0 fully saturated rings. The minimum atomic E-state index is -4.03. The van der Waals surface area contributed by atoms with Crippen LogP contribution in [0.3, 0.4) is 0 Å². The van der Waals surface area contributed by atoms with Gasteiger partial charge in [0.05, 0.1) is 16.0 Å². The molecule has 2 aromatic carbocycles. The first kappa shape index (κ1) is 16.9. The molecule has 0 amide bonds. The minimum Gasteiger partial charge on any atom is -0.272 e. The van der Waals surface area contributed by atoms with Gasteiger partial charge in [0.15, 0.2) is 0 Å². The Labute approximate surface area is 136 Å². The summed E-state index contributed by atoms with van der Waals surface area (Å²) in [6.45, 7) is 0. The molecule has 0 aliphatic rings. The summed E-state index contributed by atoms with van der Waals surface area (Å²) in [5.41, 5.74) is 2.80. The van der Waals surface area contributed by atoms with Crippen LogP contribution in [-0.4, -0.2) is 19.6 Å². The van der Waals surface area contributed by atoms with E-state index in [1.165, 1.54) is 12.3 Å². The summed E-state index contributed by atoms with van der Waals surface area (Å²) in [6, 6.07) is 10.0. The highest BCUT2D eigenvalue weighted by Gasteiger charge is 2.18. The smallest absolute Gasteiger partial charge is 0.272 e. The third kappa shape index (κ3) is 4.49. The highest BCUT2D eigenvalue weighted by atomic mass is 35.5. The van der Waals surface area contributed by atoms with E-state index in [9.17, 15) is 18.5 Å². The van der Waals surface area contributed by atoms with Gasteiger partial charge < -0.3 is 0 Å². The maximum absolute atomic E-state index is 11.2. The van der Waals surface area contributed by atoms with Crippen molar-refractivity contribution in [3.8, 4) is 0 Å². The van der Waals surface area contributed by atoms with Crippen LogP contribution in [0.15, 0.2) is 52.5 Å². The van der Waals surface area contributed by atoms with Gasteiger partial charge in [-0.1, -0.05) is 23.7 Å². The van der Waals surface area contributed by atoms with Crippen molar-refractivity contribution < 1.29 is 13.3 Å². The third-order valence-electron chi connectivity index (χ3n) is 2.76. The van der Waals surface area contributed by atoms with Gasteiger partial charge in [-0.2, -0.15) is 5.10 Å². The zero-order chi connectivity index (χ0) is 17.0. The number of halogens is 1. The molecule has 0 saturated carbocycles. The van der Waals surface area contributed by atoms with Crippen molar-refractivity contribution in [2.75, 3.05) is 5.43 Å². The van der Waals surface area contributed by atoms with Crippen molar-refractivity contribution in [2.45, 2.75) is 4.90 Å². The predicted molar refractivity (Wildman–Crippen MR) is 87.1 cm³/mol. The molecule has 0 aliphatic carbocycles. The van der Waals surface area contributed by atoms with E-state index >= 15 is 0 Å². The van der Waals surface area contributed by atoms with Crippen LogP contribution in [-0.2, 0) is 10.0 Å². The Morgan fingerprint density at radius 3 is 2.43 bits per heavy atom. The lowest BCUT2D eigenvalue weighted by Crippen LogP contribution is -2.12. The Kier molecular flexibility index (Phi) is 4.94. The number of nitrogens with two attached hydrogens (primary N) is 1. The Bertz CT molecular complexity index is 866. The summed E-state index contributed by atoms with van der Waals surface area (Å²) < 4.78 is 22.5. The standard InChI is InChI=1S/C13H11ClN4O4S/c14-10-3-1-9(2-4-10)8-16-17-12-6-5-11(23(15,21)22)7-13(12)18(19)20/h1-8,17H,(H2,15,21,22)/b16-8-. The predicted octanol–water partition coefficient (Wildman–Crippen LogP) is 2.34. The van der Waals surface area contributed by atoms with Crippen molar-refractivity contribution in [1.29, 1.82) is 0 Å². The Morgan fingerprint density at radius 1 is 1.22 bits per heavy atom. The van der Waals surface area contributed by atoms with Gasteiger partial charge in [0.25, 0.3) is 5.69 Å². The molecule has 0 heterocycles. The maximum atomic E-state index is 11.2. The number of hydrogen-bond donors (Lipinski definition) is 2. The molecule has 8 nitrogen and oxygen atoms in total. The van der Waals surface area contributed by atoms with Gasteiger partial charge in [-0.15, -0.1) is 0 Å². The topological polar surface area (TPSA) is 128 Å². The lowest BCUT2D eigenvalue weighted by atomic mass is 10.2. The summed E-state index contributed by atoms with van der Waals surface area (Å²) in [4.78, 5) is 9.96. The van der Waals surface area contributed by atoms with Crippen LogP contribution in [0.1, 0.15) is 5.56 Å². The fourth-order valence-electron chi connectivity index (χ4n) is 1.66. The number of rotatable bonds is 5. The number of nitro benzene ring substituents is 1. The summed E-state index contributed by atoms with van der Waals surface area (Å²) in [5, 5.41) is 20.4. The lowest BCUT2D eigenvalue weighted by Gasteiger charge is -2.04. The van der Waals surface area contributed by atoms with Crippen molar-refractivity contribution >= 4 is 39.2 Å². The molecule has 3 N–H and O–H groups in total. The molecule has 0 aliphatic heterocycles. The number of benzene rings is 2. The second-order valence-corrected chi connectivity index (χ2v) is 6.40. The molecule has 0 spiro atoms. The number of sulfonamides is 1. The fraction of sp³-hybridized carbons (Fsp3) is 0. The van der Waals surface area contributed by atoms with Crippen molar-refractivity contribution in [1.82, 2.24) is 0 Å². The lowest BCUT2D eigenvalue weighted by molar-refractivity contribution is -0.384. The van der Waals surface area contributed by atoms with E-state index < -0.39 is 20.6 Å². The van der Waals surface area contributed by atoms with Gasteiger partial charge in [-0.3, -0.25) is 15.5 Å². The van der Waals surface area contributed by atoms with E-state index in [4.69, 9.17) is 16.7 Å². The molecule has 120 valence electrons. The summed E-state index contributed by atoms with van der Waals surface area (Å²) in [6.07, 6.45) is 1.44. The average molecular weight is 355 g/mol. The molecule has 0 saturated heterocycles. The molecule has 0 aromatic heterocycles. The molecular weight excluding hydrogens is 344 g/mol. The summed E-state index contributed by atoms with van der Waals surface area (Å²) >= 11 is 5.75. The van der Waals surface area contributed by atoms with Crippen LogP contribution >= 0.6 is 11.6 Å². The minimum absolute atomic E-state index is 0.0348. The van der Waals surface area contributed by atoms with E-state index in [0.29, 0.717) is 5.02 Å². The number of anilines is 1. The largest absolute Gasteiger partial charge is 0.295 e. The molecule has 0 unspecified atom stereocenters. The number of nitrogens with zero attached hydrogens (tertiary/aromatic N) is 2. The SMILES string of the molecule is NS(=O)(=O)c1ccc(N/N=C\c2ccc(Cl)cc2)c([N+](=O)[O-])c1. The normalized spacial score (nSPS) is 11.6.